The molecule has 0 N–H and O–H groups in total. The van der Waals surface area contributed by atoms with E-state index in [1.54, 1.807) is 88.3 Å². The average Bonchev–Trinajstić information content (AvgIpc) is 3.59. The van der Waals surface area contributed by atoms with Gasteiger partial charge in [-0.2, -0.15) is 31.6 Å². The van der Waals surface area contributed by atoms with Crippen LogP contribution >= 0.6 is 0 Å². The van der Waals surface area contributed by atoms with Crippen molar-refractivity contribution >= 4 is 43.6 Å². The Kier molecular flexibility index (Phi) is 6.40. The van der Waals surface area contributed by atoms with Crippen LogP contribution in [-0.4, -0.2) is 14.1 Å². The maximum Gasteiger partial charge on any atom is 0.416 e. The van der Waals surface area contributed by atoms with Crippen molar-refractivity contribution in [3.8, 4) is 28.6 Å². The van der Waals surface area contributed by atoms with Gasteiger partial charge in [0.2, 0.25) is 0 Å². The summed E-state index contributed by atoms with van der Waals surface area (Å²) in [5.41, 5.74) is 2.75. The van der Waals surface area contributed by atoms with Crippen molar-refractivity contribution in [1.29, 1.82) is 5.26 Å². The van der Waals surface area contributed by atoms with Gasteiger partial charge in [-0.1, -0.05) is 42.5 Å². The number of aromatic nitrogens is 3. The van der Waals surface area contributed by atoms with Crippen LogP contribution in [0.5, 0.6) is 0 Å². The monoisotopic (exact) mass is 646 g/mol. The predicted molar refractivity (Wildman–Crippen MR) is 173 cm³/mol. The fraction of sp³-hybridized carbons (Fsp3) is 0.0526. The number of rotatable bonds is 3. The Morgan fingerprint density at radius 2 is 1.00 bits per heavy atom. The minimum absolute atomic E-state index is 0.174. The molecule has 0 amide bonds. The third kappa shape index (κ3) is 4.50. The van der Waals surface area contributed by atoms with E-state index in [1.807, 2.05) is 6.07 Å². The van der Waals surface area contributed by atoms with E-state index in [0.29, 0.717) is 66.1 Å². The van der Waals surface area contributed by atoms with E-state index in [1.165, 1.54) is 12.1 Å². The maximum absolute atomic E-state index is 13.8. The van der Waals surface area contributed by atoms with Crippen LogP contribution in [-0.2, 0) is 12.4 Å². The molecule has 0 aliphatic heterocycles. The quantitative estimate of drug-likeness (QED) is 0.179. The second kappa shape index (κ2) is 10.5. The third-order valence-corrected chi connectivity index (χ3v) is 8.69. The Balaban J connectivity index is 1.53. The molecule has 0 spiro atoms. The summed E-state index contributed by atoms with van der Waals surface area (Å²) in [4.78, 5) is 4.26. The lowest BCUT2D eigenvalue weighted by molar-refractivity contribution is -0.138. The Morgan fingerprint density at radius 3 is 1.44 bits per heavy atom. The minimum atomic E-state index is -4.56. The fourth-order valence-corrected chi connectivity index (χ4v) is 6.60. The molecule has 0 bridgehead atoms. The van der Waals surface area contributed by atoms with E-state index >= 15 is 0 Å². The van der Waals surface area contributed by atoms with Crippen molar-refractivity contribution in [2.24, 2.45) is 0 Å². The first-order valence-corrected chi connectivity index (χ1v) is 14.7. The summed E-state index contributed by atoms with van der Waals surface area (Å²) in [6, 6.07) is 30.6. The van der Waals surface area contributed by atoms with Crippen LogP contribution < -0.4 is 0 Å². The number of pyridine rings is 1. The van der Waals surface area contributed by atoms with Crippen molar-refractivity contribution in [1.82, 2.24) is 14.1 Å². The number of para-hydroxylation sites is 2. The summed E-state index contributed by atoms with van der Waals surface area (Å²) in [6.07, 6.45) is -5.86. The Morgan fingerprint density at radius 1 is 0.521 bits per heavy atom. The lowest BCUT2D eigenvalue weighted by Gasteiger charge is -2.18. The van der Waals surface area contributed by atoms with Crippen molar-refractivity contribution in [2.75, 3.05) is 0 Å². The third-order valence-electron chi connectivity index (χ3n) is 8.69. The number of nitriles is 1. The van der Waals surface area contributed by atoms with E-state index in [0.717, 1.165) is 24.3 Å². The Labute approximate surface area is 268 Å². The maximum atomic E-state index is 13.8. The Hall–Kier alpha value is -6.08. The van der Waals surface area contributed by atoms with E-state index in [4.69, 9.17) is 0 Å². The smallest absolute Gasteiger partial charge is 0.308 e. The Bertz CT molecular complexity index is 2450. The van der Waals surface area contributed by atoms with Crippen LogP contribution in [0, 0.1) is 11.3 Å². The van der Waals surface area contributed by atoms with Gasteiger partial charge in [-0.3, -0.25) is 4.98 Å². The van der Waals surface area contributed by atoms with E-state index in [9.17, 15) is 31.6 Å². The van der Waals surface area contributed by atoms with Gasteiger partial charge >= 0.3 is 12.4 Å². The molecule has 0 aliphatic carbocycles. The summed E-state index contributed by atoms with van der Waals surface area (Å²) in [5.74, 6) is 0. The molecule has 234 valence electrons. The van der Waals surface area contributed by atoms with Crippen LogP contribution in [0.4, 0.5) is 26.3 Å². The minimum Gasteiger partial charge on any atom is -0.308 e. The van der Waals surface area contributed by atoms with E-state index in [-0.39, 0.29) is 5.56 Å². The number of nitrogens with zero attached hydrogens (tertiary/aromatic N) is 4. The van der Waals surface area contributed by atoms with Crippen LogP contribution in [0.15, 0.2) is 122 Å². The second-order valence-electron chi connectivity index (χ2n) is 11.4. The highest BCUT2D eigenvalue weighted by Gasteiger charge is 2.33. The van der Waals surface area contributed by atoms with E-state index < -0.39 is 23.5 Å². The van der Waals surface area contributed by atoms with Gasteiger partial charge in [0.15, 0.2) is 0 Å². The molecule has 5 aromatic carbocycles. The lowest BCUT2D eigenvalue weighted by Crippen LogP contribution is -2.06. The van der Waals surface area contributed by atoms with E-state index in [2.05, 4.69) is 11.1 Å². The van der Waals surface area contributed by atoms with Gasteiger partial charge in [-0.05, 0) is 72.3 Å². The van der Waals surface area contributed by atoms with Gasteiger partial charge < -0.3 is 9.13 Å². The van der Waals surface area contributed by atoms with Crippen LogP contribution in [0.3, 0.4) is 0 Å². The summed E-state index contributed by atoms with van der Waals surface area (Å²) >= 11 is 0. The zero-order valence-electron chi connectivity index (χ0n) is 24.6. The largest absolute Gasteiger partial charge is 0.416 e. The molecule has 48 heavy (non-hydrogen) atoms. The number of alkyl halides is 6. The highest BCUT2D eigenvalue weighted by Crippen LogP contribution is 2.42. The number of halogens is 6. The van der Waals surface area contributed by atoms with Crippen LogP contribution in [0.25, 0.3) is 66.1 Å². The average molecular weight is 647 g/mol. The molecule has 0 saturated carbocycles. The van der Waals surface area contributed by atoms with Crippen molar-refractivity contribution < 1.29 is 26.3 Å². The zero-order chi connectivity index (χ0) is 33.4. The first-order chi connectivity index (χ1) is 23.0. The van der Waals surface area contributed by atoms with Crippen molar-refractivity contribution in [3.05, 3.63) is 138 Å². The highest BCUT2D eigenvalue weighted by molar-refractivity contribution is 6.11. The van der Waals surface area contributed by atoms with Gasteiger partial charge in [-0.25, -0.2) is 0 Å². The summed E-state index contributed by atoms with van der Waals surface area (Å²) in [6.45, 7) is 0. The number of fused-ring (bicyclic) bond motifs is 6. The topological polar surface area (TPSA) is 46.5 Å². The normalized spacial score (nSPS) is 12.4. The molecule has 0 radical (unpaired) electrons. The molecule has 0 saturated heterocycles. The first kappa shape index (κ1) is 29.3. The van der Waals surface area contributed by atoms with Crippen molar-refractivity contribution in [3.63, 3.8) is 0 Å². The SMILES string of the molecule is N#Cc1c(-n2c3ccccc3c3cc(C(F)(F)F)ccc32)cc(-c2cccnc2)cc1-n1c2ccccc2c2cc(C(F)(F)F)ccc21. The fourth-order valence-electron chi connectivity index (χ4n) is 6.60. The van der Waals surface area contributed by atoms with Gasteiger partial charge in [0.1, 0.15) is 11.6 Å². The highest BCUT2D eigenvalue weighted by atomic mass is 19.4. The molecule has 0 aliphatic rings. The molecule has 0 atom stereocenters. The number of hydrogen-bond donors (Lipinski definition) is 0. The standard InChI is InChI=1S/C38H20F6N4/c39-37(40,41)24-11-13-33-28(18-24)26-7-1-3-9-31(26)47(33)35-16-23(22-6-5-15-46-21-22)17-36(30(35)20-45)48-32-10-4-2-8-27(32)29-19-25(38(42,43)44)12-14-34(29)48/h1-19,21H. The molecule has 3 aromatic heterocycles. The van der Waals surface area contributed by atoms with Gasteiger partial charge in [0.05, 0.1) is 44.6 Å². The number of benzene rings is 5. The second-order valence-corrected chi connectivity index (χ2v) is 11.4. The van der Waals surface area contributed by atoms with Crippen LogP contribution in [0.2, 0.25) is 0 Å². The zero-order valence-corrected chi connectivity index (χ0v) is 24.6. The number of hydrogen-bond acceptors (Lipinski definition) is 2. The van der Waals surface area contributed by atoms with Gasteiger partial charge in [-0.15, -0.1) is 0 Å². The first-order valence-electron chi connectivity index (χ1n) is 14.7. The molecule has 8 rings (SSSR count). The summed E-state index contributed by atoms with van der Waals surface area (Å²) in [7, 11) is 0. The molecule has 8 aromatic rings. The lowest BCUT2D eigenvalue weighted by atomic mass is 10.0. The summed E-state index contributed by atoms with van der Waals surface area (Å²) < 4.78 is 86.6. The molecular weight excluding hydrogens is 626 g/mol. The molecule has 0 fully saturated rings. The van der Waals surface area contributed by atoms with Gasteiger partial charge in [0, 0.05) is 39.5 Å². The van der Waals surface area contributed by atoms with Crippen molar-refractivity contribution in [2.45, 2.75) is 12.4 Å². The summed E-state index contributed by atoms with van der Waals surface area (Å²) in [5, 5.41) is 12.7. The predicted octanol–water partition coefficient (Wildman–Crippen LogP) is 10.9. The van der Waals surface area contributed by atoms with Gasteiger partial charge in [0.25, 0.3) is 0 Å². The molecule has 4 nitrogen and oxygen atoms in total. The van der Waals surface area contributed by atoms with Crippen LogP contribution in [0.1, 0.15) is 16.7 Å². The molecular formula is C38H20F6N4. The molecule has 3 heterocycles. The molecule has 0 unspecified atom stereocenters. The molecule has 10 heteroatoms.